The Labute approximate surface area is 244 Å². The molecule has 0 unspecified atom stereocenters. The molecule has 0 aliphatic rings. The maximum Gasteiger partial charge on any atom is 0.267 e. The van der Waals surface area contributed by atoms with Crippen molar-refractivity contribution in [3.63, 3.8) is 0 Å². The molecule has 5 aromatic rings. The summed E-state index contributed by atoms with van der Waals surface area (Å²) in [5.41, 5.74) is 1.30. The number of thiazole rings is 1. The first kappa shape index (κ1) is 29.1. The topological polar surface area (TPSA) is 110 Å². The third-order valence-electron chi connectivity index (χ3n) is 6.00. The minimum atomic E-state index is -4.81. The second-order valence-corrected chi connectivity index (χ2v) is 13.0. The number of nitrogens with one attached hydrogen (secondary N) is 2. The number of aryl methyl sites for hydroxylation is 1. The first-order valence-electron chi connectivity index (χ1n) is 12.6. The van der Waals surface area contributed by atoms with Gasteiger partial charge in [-0.3, -0.25) is 9.71 Å². The number of halogens is 3. The Morgan fingerprint density at radius 1 is 0.881 bits per heavy atom. The lowest BCUT2D eigenvalue weighted by molar-refractivity contribution is 0.521. The van der Waals surface area contributed by atoms with Crippen LogP contribution in [0.1, 0.15) is 31.5 Å². The van der Waals surface area contributed by atoms with Crippen LogP contribution in [0.15, 0.2) is 71.9 Å². The molecule has 8 nitrogen and oxygen atoms in total. The minimum absolute atomic E-state index is 0.0242. The quantitative estimate of drug-likeness (QED) is 0.200. The Morgan fingerprint density at radius 3 is 2.26 bits per heavy atom. The molecule has 0 fully saturated rings. The molecule has 3 heterocycles. The molecule has 0 aliphatic carbocycles. The Balaban J connectivity index is 1.59. The molecule has 0 bridgehead atoms. The van der Waals surface area contributed by atoms with E-state index in [0.717, 1.165) is 35.6 Å². The zero-order chi connectivity index (χ0) is 30.2. The third-order valence-corrected chi connectivity index (χ3v) is 8.92. The summed E-state index contributed by atoms with van der Waals surface area (Å²) in [6, 6.07) is 11.9. The molecule has 0 saturated heterocycles. The van der Waals surface area contributed by atoms with Gasteiger partial charge in [-0.05, 0) is 49.4 Å². The van der Waals surface area contributed by atoms with Crippen molar-refractivity contribution in [1.82, 2.24) is 19.9 Å². The molecule has 5 rings (SSSR count). The summed E-state index contributed by atoms with van der Waals surface area (Å²) in [5, 5.41) is 3.82. The number of hydrogen-bond donors (Lipinski definition) is 2. The van der Waals surface area contributed by atoms with E-state index in [1.54, 1.807) is 24.5 Å². The fourth-order valence-electron chi connectivity index (χ4n) is 4.02. The summed E-state index contributed by atoms with van der Waals surface area (Å²) in [7, 11) is -4.81. The van der Waals surface area contributed by atoms with Gasteiger partial charge in [0, 0.05) is 34.8 Å². The number of hydrogen-bond acceptors (Lipinski definition) is 8. The lowest BCUT2D eigenvalue weighted by Gasteiger charge is -2.14. The average Bonchev–Trinajstić information content (AvgIpc) is 3.36. The number of rotatable bonds is 7. The number of pyridine rings is 1. The fourth-order valence-corrected chi connectivity index (χ4v) is 6.33. The molecule has 0 aliphatic heterocycles. The number of nitrogens with zero attached hydrogens (tertiary/aromatic N) is 4. The number of anilines is 3. The zero-order valence-electron chi connectivity index (χ0n) is 22.9. The highest BCUT2D eigenvalue weighted by Gasteiger charge is 2.28. The SMILES string of the molecule is Cc1cc(Nc2nccc(-c3sc(C(C)(C)C)nc3-c3cccc(NS(=O)(=O)c4c(F)cccc4F)c3F)n2)ccn1. The van der Waals surface area contributed by atoms with Crippen LogP contribution in [0.4, 0.5) is 30.5 Å². The molecule has 216 valence electrons. The molecule has 13 heteroatoms. The van der Waals surface area contributed by atoms with E-state index in [1.165, 1.54) is 23.5 Å². The third kappa shape index (κ3) is 5.97. The van der Waals surface area contributed by atoms with Crippen LogP contribution in [-0.4, -0.2) is 28.4 Å². The van der Waals surface area contributed by atoms with E-state index in [1.807, 2.05) is 38.5 Å². The Morgan fingerprint density at radius 2 is 1.57 bits per heavy atom. The fraction of sp³-hybridized carbons (Fsp3) is 0.172. The van der Waals surface area contributed by atoms with Gasteiger partial charge in [0.25, 0.3) is 10.0 Å². The van der Waals surface area contributed by atoms with Crippen molar-refractivity contribution < 1.29 is 21.6 Å². The summed E-state index contributed by atoms with van der Waals surface area (Å²) in [5.74, 6) is -3.27. The Bertz CT molecular complexity index is 1890. The summed E-state index contributed by atoms with van der Waals surface area (Å²) in [6.07, 6.45) is 3.21. The van der Waals surface area contributed by atoms with Crippen LogP contribution in [0, 0.1) is 24.4 Å². The second kappa shape index (κ2) is 11.1. The Hall–Kier alpha value is -4.36. The first-order valence-corrected chi connectivity index (χ1v) is 14.9. The maximum atomic E-state index is 16.0. The number of sulfonamides is 1. The normalized spacial score (nSPS) is 11.9. The van der Waals surface area contributed by atoms with Gasteiger partial charge in [-0.15, -0.1) is 11.3 Å². The highest BCUT2D eigenvalue weighted by Crippen LogP contribution is 2.42. The van der Waals surface area contributed by atoms with Crippen LogP contribution in [0.25, 0.3) is 21.8 Å². The molecule has 0 spiro atoms. The van der Waals surface area contributed by atoms with Gasteiger partial charge in [0.05, 0.1) is 27.0 Å². The van der Waals surface area contributed by atoms with Gasteiger partial charge >= 0.3 is 0 Å². The molecule has 0 atom stereocenters. The molecule has 42 heavy (non-hydrogen) atoms. The van der Waals surface area contributed by atoms with Crippen LogP contribution >= 0.6 is 11.3 Å². The van der Waals surface area contributed by atoms with Crippen molar-refractivity contribution in [2.24, 2.45) is 0 Å². The van der Waals surface area contributed by atoms with Gasteiger partial charge in [-0.2, -0.15) is 0 Å². The van der Waals surface area contributed by atoms with Gasteiger partial charge in [-0.25, -0.2) is 36.5 Å². The van der Waals surface area contributed by atoms with Crippen molar-refractivity contribution in [3.8, 4) is 21.8 Å². The van der Waals surface area contributed by atoms with E-state index in [4.69, 9.17) is 4.98 Å². The van der Waals surface area contributed by atoms with E-state index in [2.05, 4.69) is 20.3 Å². The molecule has 2 aromatic carbocycles. The first-order chi connectivity index (χ1) is 19.8. The van der Waals surface area contributed by atoms with Crippen molar-refractivity contribution in [2.45, 2.75) is 38.0 Å². The van der Waals surface area contributed by atoms with Crippen LogP contribution in [0.5, 0.6) is 0 Å². The molecule has 3 aromatic heterocycles. The van der Waals surface area contributed by atoms with Gasteiger partial charge < -0.3 is 5.32 Å². The van der Waals surface area contributed by atoms with E-state index >= 15 is 4.39 Å². The van der Waals surface area contributed by atoms with Crippen LogP contribution in [0.2, 0.25) is 0 Å². The van der Waals surface area contributed by atoms with E-state index in [-0.39, 0.29) is 11.3 Å². The summed E-state index contributed by atoms with van der Waals surface area (Å²) in [6.45, 7) is 7.74. The van der Waals surface area contributed by atoms with Crippen molar-refractivity contribution in [1.29, 1.82) is 0 Å². The largest absolute Gasteiger partial charge is 0.324 e. The van der Waals surface area contributed by atoms with Gasteiger partial charge in [0.1, 0.15) is 11.6 Å². The summed E-state index contributed by atoms with van der Waals surface area (Å²) in [4.78, 5) is 17.2. The van der Waals surface area contributed by atoms with Crippen LogP contribution in [0.3, 0.4) is 0 Å². The monoisotopic (exact) mass is 610 g/mol. The molecule has 2 N–H and O–H groups in total. The molecule has 0 radical (unpaired) electrons. The highest BCUT2D eigenvalue weighted by atomic mass is 32.2. The maximum absolute atomic E-state index is 16.0. The van der Waals surface area contributed by atoms with E-state index < -0.39 is 43.5 Å². The summed E-state index contributed by atoms with van der Waals surface area (Å²) < 4.78 is 72.3. The molecule has 0 amide bonds. The van der Waals surface area contributed by atoms with Crippen molar-refractivity contribution >= 4 is 38.7 Å². The van der Waals surface area contributed by atoms with E-state index in [0.29, 0.717) is 21.5 Å². The molecule has 0 saturated carbocycles. The summed E-state index contributed by atoms with van der Waals surface area (Å²) >= 11 is 1.32. The lowest BCUT2D eigenvalue weighted by Crippen LogP contribution is -2.17. The lowest BCUT2D eigenvalue weighted by atomic mass is 9.98. The molecular weight excluding hydrogens is 585 g/mol. The van der Waals surface area contributed by atoms with Gasteiger partial charge in [0.2, 0.25) is 5.95 Å². The minimum Gasteiger partial charge on any atom is -0.324 e. The van der Waals surface area contributed by atoms with Gasteiger partial charge in [-0.1, -0.05) is 32.9 Å². The second-order valence-electron chi connectivity index (χ2n) is 10.3. The zero-order valence-corrected chi connectivity index (χ0v) is 24.5. The van der Waals surface area contributed by atoms with Gasteiger partial charge in [0.15, 0.2) is 10.7 Å². The predicted molar refractivity (Wildman–Crippen MR) is 157 cm³/mol. The predicted octanol–water partition coefficient (Wildman–Crippen LogP) is 7.23. The van der Waals surface area contributed by atoms with E-state index in [9.17, 15) is 17.2 Å². The van der Waals surface area contributed by atoms with Crippen LogP contribution in [-0.2, 0) is 15.4 Å². The smallest absolute Gasteiger partial charge is 0.267 e. The number of benzene rings is 2. The standard InChI is InChI=1S/C29H25F3N6O2S2/c1-16-15-17(11-13-33-16)35-28-34-14-12-22(36-28)25-24(37-27(41-25)29(2,3)4)18-7-5-10-21(23(18)32)38-42(39,40)26-19(30)8-6-9-20(26)31/h5-15,38H,1-4H3,(H,33,34,35,36). The Kier molecular flexibility index (Phi) is 7.73. The van der Waals surface area contributed by atoms with Crippen molar-refractivity contribution in [3.05, 3.63) is 95.1 Å². The molecular formula is C29H25F3N6O2S2. The number of aromatic nitrogens is 4. The van der Waals surface area contributed by atoms with Crippen molar-refractivity contribution in [2.75, 3.05) is 10.0 Å². The highest BCUT2D eigenvalue weighted by molar-refractivity contribution is 7.92. The van der Waals surface area contributed by atoms with Crippen LogP contribution < -0.4 is 10.0 Å². The average molecular weight is 611 g/mol.